The van der Waals surface area contributed by atoms with E-state index < -0.39 is 0 Å². The zero-order chi connectivity index (χ0) is 16.2. The van der Waals surface area contributed by atoms with Gasteiger partial charge in [-0.2, -0.15) is 0 Å². The van der Waals surface area contributed by atoms with Gasteiger partial charge in [-0.1, -0.05) is 60.7 Å². The van der Waals surface area contributed by atoms with E-state index in [-0.39, 0.29) is 6.10 Å². The Balaban J connectivity index is 1.91. The van der Waals surface area contributed by atoms with Gasteiger partial charge in [-0.3, -0.25) is 0 Å². The molecule has 0 aliphatic rings. The second-order valence-corrected chi connectivity index (χ2v) is 6.17. The summed E-state index contributed by atoms with van der Waals surface area (Å²) in [6.45, 7) is 3.04. The Morgan fingerprint density at radius 2 is 1.57 bits per heavy atom. The quantitative estimate of drug-likeness (QED) is 0.654. The normalized spacial score (nSPS) is 12.5. The summed E-state index contributed by atoms with van der Waals surface area (Å²) in [5, 5.41) is 2.37. The van der Waals surface area contributed by atoms with E-state index in [1.807, 2.05) is 6.07 Å². The molecule has 0 aromatic heterocycles. The van der Waals surface area contributed by atoms with Gasteiger partial charge >= 0.3 is 0 Å². The van der Waals surface area contributed by atoms with Crippen molar-refractivity contribution in [2.75, 3.05) is 14.1 Å². The van der Waals surface area contributed by atoms with Gasteiger partial charge in [-0.05, 0) is 43.6 Å². The minimum atomic E-state index is 0.0111. The average molecular weight is 305 g/mol. The number of fused-ring (bicyclic) bond motifs is 1. The van der Waals surface area contributed by atoms with Gasteiger partial charge < -0.3 is 9.64 Å². The molecule has 0 N–H and O–H groups in total. The van der Waals surface area contributed by atoms with Crippen molar-refractivity contribution in [3.63, 3.8) is 0 Å². The first kappa shape index (κ1) is 15.6. The van der Waals surface area contributed by atoms with E-state index in [0.717, 1.165) is 17.7 Å². The molecule has 0 radical (unpaired) electrons. The lowest BCUT2D eigenvalue weighted by Gasteiger charge is -2.21. The van der Waals surface area contributed by atoms with Crippen molar-refractivity contribution in [3.8, 4) is 5.75 Å². The van der Waals surface area contributed by atoms with Gasteiger partial charge in [0.05, 0.1) is 0 Å². The third-order valence-corrected chi connectivity index (χ3v) is 4.03. The number of rotatable bonds is 5. The van der Waals surface area contributed by atoms with Crippen molar-refractivity contribution in [3.05, 3.63) is 77.9 Å². The topological polar surface area (TPSA) is 12.5 Å². The minimum Gasteiger partial charge on any atom is -0.485 e. The molecule has 0 amide bonds. The Bertz CT molecular complexity index is 789. The first-order valence-corrected chi connectivity index (χ1v) is 8.02. The summed E-state index contributed by atoms with van der Waals surface area (Å²) in [5.41, 5.74) is 2.55. The van der Waals surface area contributed by atoms with Gasteiger partial charge in [-0.25, -0.2) is 0 Å². The highest BCUT2D eigenvalue weighted by Crippen LogP contribution is 2.30. The first-order chi connectivity index (χ1) is 11.1. The lowest BCUT2D eigenvalue weighted by atomic mass is 10.0. The summed E-state index contributed by atoms with van der Waals surface area (Å²) in [6.07, 6.45) is 0.0111. The monoisotopic (exact) mass is 305 g/mol. The summed E-state index contributed by atoms with van der Waals surface area (Å²) in [4.78, 5) is 2.18. The van der Waals surface area contributed by atoms with Crippen LogP contribution >= 0.6 is 0 Å². The van der Waals surface area contributed by atoms with E-state index in [1.165, 1.54) is 16.5 Å². The molecule has 3 rings (SSSR count). The molecule has 3 aromatic rings. The zero-order valence-corrected chi connectivity index (χ0v) is 14.0. The smallest absolute Gasteiger partial charge is 0.128 e. The number of hydrogen-bond donors (Lipinski definition) is 0. The predicted octanol–water partition coefficient (Wildman–Crippen LogP) is 5.04. The molecule has 1 atom stereocenters. The molecule has 0 aliphatic heterocycles. The van der Waals surface area contributed by atoms with Crippen LogP contribution in [0.15, 0.2) is 66.7 Å². The van der Waals surface area contributed by atoms with Crippen LogP contribution < -0.4 is 4.74 Å². The largest absolute Gasteiger partial charge is 0.485 e. The summed E-state index contributed by atoms with van der Waals surface area (Å²) in [6, 6.07) is 23.1. The van der Waals surface area contributed by atoms with Crippen LogP contribution in [0.25, 0.3) is 10.8 Å². The SMILES string of the molecule is CC(Oc1cccc2ccccc12)c1ccccc1CN(C)C. The fraction of sp³-hybridized carbons (Fsp3) is 0.238. The molecule has 0 saturated heterocycles. The Morgan fingerprint density at radius 3 is 2.39 bits per heavy atom. The molecule has 2 nitrogen and oxygen atoms in total. The highest BCUT2D eigenvalue weighted by Gasteiger charge is 2.13. The van der Waals surface area contributed by atoms with Crippen LogP contribution in [-0.2, 0) is 6.54 Å². The summed E-state index contributed by atoms with van der Waals surface area (Å²) < 4.78 is 6.32. The maximum atomic E-state index is 6.32. The molecule has 0 saturated carbocycles. The molecule has 0 bridgehead atoms. The van der Waals surface area contributed by atoms with Crippen LogP contribution in [0.3, 0.4) is 0 Å². The zero-order valence-electron chi connectivity index (χ0n) is 14.0. The number of ether oxygens (including phenoxy) is 1. The van der Waals surface area contributed by atoms with E-state index in [9.17, 15) is 0 Å². The van der Waals surface area contributed by atoms with Crippen molar-refractivity contribution in [1.29, 1.82) is 0 Å². The standard InChI is InChI=1S/C21H23NO/c1-16(19-12-6-5-10-18(19)15-22(2)3)23-21-14-8-11-17-9-4-7-13-20(17)21/h4-14,16H,15H2,1-3H3. The van der Waals surface area contributed by atoms with Crippen molar-refractivity contribution < 1.29 is 4.74 Å². The van der Waals surface area contributed by atoms with Crippen molar-refractivity contribution in [1.82, 2.24) is 4.90 Å². The summed E-state index contributed by atoms with van der Waals surface area (Å²) >= 11 is 0. The fourth-order valence-corrected chi connectivity index (χ4v) is 2.97. The van der Waals surface area contributed by atoms with E-state index >= 15 is 0 Å². The highest BCUT2D eigenvalue weighted by atomic mass is 16.5. The third kappa shape index (κ3) is 3.54. The fourth-order valence-electron chi connectivity index (χ4n) is 2.97. The lowest BCUT2D eigenvalue weighted by Crippen LogP contribution is -2.14. The van der Waals surface area contributed by atoms with Gasteiger partial charge in [0.1, 0.15) is 11.9 Å². The maximum absolute atomic E-state index is 6.32. The molecule has 0 spiro atoms. The lowest BCUT2D eigenvalue weighted by molar-refractivity contribution is 0.227. The molecule has 23 heavy (non-hydrogen) atoms. The predicted molar refractivity (Wildman–Crippen MR) is 96.8 cm³/mol. The Kier molecular flexibility index (Phi) is 4.63. The van der Waals surface area contributed by atoms with E-state index in [2.05, 4.69) is 86.6 Å². The van der Waals surface area contributed by atoms with Crippen LogP contribution in [0.5, 0.6) is 5.75 Å². The Labute approximate surface area is 138 Å². The van der Waals surface area contributed by atoms with Crippen molar-refractivity contribution >= 4 is 10.8 Å². The summed E-state index contributed by atoms with van der Waals surface area (Å²) in [5.74, 6) is 0.940. The molecule has 2 heteroatoms. The van der Waals surface area contributed by atoms with E-state index in [4.69, 9.17) is 4.74 Å². The number of benzene rings is 3. The van der Waals surface area contributed by atoms with Crippen LogP contribution in [0.1, 0.15) is 24.2 Å². The van der Waals surface area contributed by atoms with Gasteiger partial charge in [0.25, 0.3) is 0 Å². The second kappa shape index (κ2) is 6.84. The Morgan fingerprint density at radius 1 is 0.870 bits per heavy atom. The molecule has 0 heterocycles. The van der Waals surface area contributed by atoms with Crippen LogP contribution in [-0.4, -0.2) is 19.0 Å². The van der Waals surface area contributed by atoms with Gasteiger partial charge in [0.2, 0.25) is 0 Å². The van der Waals surface area contributed by atoms with E-state index in [1.54, 1.807) is 0 Å². The molecule has 1 unspecified atom stereocenters. The minimum absolute atomic E-state index is 0.0111. The van der Waals surface area contributed by atoms with Crippen LogP contribution in [0, 0.1) is 0 Å². The van der Waals surface area contributed by atoms with Crippen molar-refractivity contribution in [2.24, 2.45) is 0 Å². The maximum Gasteiger partial charge on any atom is 0.128 e. The van der Waals surface area contributed by atoms with Crippen LogP contribution in [0.4, 0.5) is 0 Å². The number of hydrogen-bond acceptors (Lipinski definition) is 2. The highest BCUT2D eigenvalue weighted by molar-refractivity contribution is 5.88. The molecule has 0 aliphatic carbocycles. The Hall–Kier alpha value is -2.32. The second-order valence-electron chi connectivity index (χ2n) is 6.17. The molecule has 3 aromatic carbocycles. The molecular weight excluding hydrogens is 282 g/mol. The van der Waals surface area contributed by atoms with Crippen molar-refractivity contribution in [2.45, 2.75) is 19.6 Å². The number of nitrogens with zero attached hydrogens (tertiary/aromatic N) is 1. The molecule has 0 fully saturated rings. The third-order valence-electron chi connectivity index (χ3n) is 4.03. The van der Waals surface area contributed by atoms with E-state index in [0.29, 0.717) is 0 Å². The van der Waals surface area contributed by atoms with Crippen LogP contribution in [0.2, 0.25) is 0 Å². The summed E-state index contributed by atoms with van der Waals surface area (Å²) in [7, 11) is 4.18. The average Bonchev–Trinajstić information content (AvgIpc) is 2.55. The van der Waals surface area contributed by atoms with Gasteiger partial charge in [-0.15, -0.1) is 0 Å². The van der Waals surface area contributed by atoms with Gasteiger partial charge in [0.15, 0.2) is 0 Å². The first-order valence-electron chi connectivity index (χ1n) is 8.02. The molecule has 118 valence electrons. The van der Waals surface area contributed by atoms with Gasteiger partial charge in [0, 0.05) is 11.9 Å². The molecular formula is C21H23NO.